The van der Waals surface area contributed by atoms with Crippen molar-refractivity contribution in [3.8, 4) is 0 Å². The van der Waals surface area contributed by atoms with Gasteiger partial charge in [0.2, 0.25) is 0 Å². The molecule has 1 fully saturated rings. The molecular formula is C12H17N3O3. The van der Waals surface area contributed by atoms with Crippen molar-refractivity contribution in [2.24, 2.45) is 7.05 Å². The molecule has 1 N–H and O–H groups in total. The van der Waals surface area contributed by atoms with Crippen LogP contribution >= 0.6 is 0 Å². The van der Waals surface area contributed by atoms with E-state index in [1.165, 1.54) is 0 Å². The number of aliphatic carboxylic acids is 1. The molecule has 1 amide bonds. The van der Waals surface area contributed by atoms with Crippen molar-refractivity contribution in [2.45, 2.75) is 32.2 Å². The summed E-state index contributed by atoms with van der Waals surface area (Å²) in [4.78, 5) is 24.8. The van der Waals surface area contributed by atoms with E-state index in [9.17, 15) is 9.59 Å². The van der Waals surface area contributed by atoms with Gasteiger partial charge in [0.1, 0.15) is 0 Å². The molecule has 0 saturated carbocycles. The minimum atomic E-state index is -0.859. The quantitative estimate of drug-likeness (QED) is 0.862. The summed E-state index contributed by atoms with van der Waals surface area (Å²) < 4.78 is 1.65. The number of hydrogen-bond donors (Lipinski definition) is 1. The Hall–Kier alpha value is -1.85. The van der Waals surface area contributed by atoms with Crippen molar-refractivity contribution >= 4 is 11.9 Å². The average molecular weight is 251 g/mol. The zero-order chi connectivity index (χ0) is 13.3. The van der Waals surface area contributed by atoms with Crippen LogP contribution in [-0.4, -0.2) is 44.3 Å². The van der Waals surface area contributed by atoms with Crippen molar-refractivity contribution in [3.05, 3.63) is 17.5 Å². The molecule has 6 nitrogen and oxygen atoms in total. The third-order valence-corrected chi connectivity index (χ3v) is 3.51. The van der Waals surface area contributed by atoms with Gasteiger partial charge in [0.25, 0.3) is 5.91 Å². The van der Waals surface area contributed by atoms with Crippen molar-refractivity contribution in [1.82, 2.24) is 14.7 Å². The lowest BCUT2D eigenvalue weighted by molar-refractivity contribution is -0.137. The van der Waals surface area contributed by atoms with Crippen molar-refractivity contribution in [3.63, 3.8) is 0 Å². The zero-order valence-electron chi connectivity index (χ0n) is 10.6. The Bertz CT molecular complexity index is 481. The lowest BCUT2D eigenvalue weighted by atomic mass is 10.1. The fourth-order valence-electron chi connectivity index (χ4n) is 2.38. The van der Waals surface area contributed by atoms with Crippen molar-refractivity contribution in [2.75, 3.05) is 6.54 Å². The van der Waals surface area contributed by atoms with Gasteiger partial charge in [0.05, 0.1) is 18.2 Å². The number of nitrogens with zero attached hydrogens (tertiary/aromatic N) is 3. The Kier molecular flexibility index (Phi) is 3.36. The first kappa shape index (κ1) is 12.6. The summed E-state index contributed by atoms with van der Waals surface area (Å²) in [6.07, 6.45) is 3.19. The smallest absolute Gasteiger partial charge is 0.305 e. The Labute approximate surface area is 105 Å². The fourth-order valence-corrected chi connectivity index (χ4v) is 2.38. The molecule has 0 aromatic carbocycles. The molecule has 1 unspecified atom stereocenters. The Morgan fingerprint density at radius 3 is 2.83 bits per heavy atom. The molecule has 0 bridgehead atoms. The van der Waals surface area contributed by atoms with Gasteiger partial charge >= 0.3 is 5.97 Å². The maximum absolute atomic E-state index is 12.4. The number of rotatable bonds is 3. The highest BCUT2D eigenvalue weighted by Crippen LogP contribution is 2.23. The topological polar surface area (TPSA) is 75.4 Å². The lowest BCUT2D eigenvalue weighted by Gasteiger charge is -2.23. The molecule has 0 aliphatic carbocycles. The molecule has 18 heavy (non-hydrogen) atoms. The second-order valence-electron chi connectivity index (χ2n) is 4.66. The van der Waals surface area contributed by atoms with Crippen LogP contribution in [0.5, 0.6) is 0 Å². The standard InChI is InChI=1S/C12H17N3O3/c1-8-10(7-13-14(8)2)12(18)15-5-3-4-9(15)6-11(16)17/h7,9H,3-6H2,1-2H3,(H,16,17). The molecule has 1 saturated heterocycles. The Morgan fingerprint density at radius 1 is 1.56 bits per heavy atom. The summed E-state index contributed by atoms with van der Waals surface area (Å²) in [7, 11) is 1.78. The average Bonchev–Trinajstić information content (AvgIpc) is 2.87. The van der Waals surface area contributed by atoms with E-state index in [1.807, 2.05) is 6.92 Å². The summed E-state index contributed by atoms with van der Waals surface area (Å²) in [6.45, 7) is 2.47. The SMILES string of the molecule is Cc1c(C(=O)N2CCCC2CC(=O)O)cnn1C. The fraction of sp³-hybridized carbons (Fsp3) is 0.583. The number of amides is 1. The number of aromatic nitrogens is 2. The van der Waals surface area contributed by atoms with Crippen LogP contribution in [0.15, 0.2) is 6.20 Å². The maximum atomic E-state index is 12.4. The molecule has 1 aliphatic heterocycles. The maximum Gasteiger partial charge on any atom is 0.305 e. The number of aryl methyl sites for hydroxylation is 1. The van der Waals surface area contributed by atoms with Crippen LogP contribution in [-0.2, 0) is 11.8 Å². The second kappa shape index (κ2) is 4.80. The molecule has 0 spiro atoms. The van der Waals surface area contributed by atoms with Gasteiger partial charge < -0.3 is 10.0 Å². The minimum absolute atomic E-state index is 0.0189. The summed E-state index contributed by atoms with van der Waals surface area (Å²) in [5, 5.41) is 12.9. The monoisotopic (exact) mass is 251 g/mol. The molecule has 0 radical (unpaired) electrons. The van der Waals surface area contributed by atoms with Crippen LogP contribution in [0.4, 0.5) is 0 Å². The predicted octanol–water partition coefficient (Wildman–Crippen LogP) is 0.808. The molecule has 1 atom stereocenters. The van der Waals surface area contributed by atoms with Crippen molar-refractivity contribution in [1.29, 1.82) is 0 Å². The molecule has 98 valence electrons. The molecule has 2 rings (SSSR count). The van der Waals surface area contributed by atoms with E-state index in [-0.39, 0.29) is 18.4 Å². The van der Waals surface area contributed by atoms with E-state index in [0.29, 0.717) is 12.1 Å². The third kappa shape index (κ3) is 2.23. The lowest BCUT2D eigenvalue weighted by Crippen LogP contribution is -2.37. The van der Waals surface area contributed by atoms with Gasteiger partial charge in [-0.3, -0.25) is 14.3 Å². The number of likely N-dealkylation sites (tertiary alicyclic amines) is 1. The summed E-state index contributed by atoms with van der Waals surface area (Å²) in [5.41, 5.74) is 1.37. The van der Waals surface area contributed by atoms with E-state index in [2.05, 4.69) is 5.10 Å². The highest BCUT2D eigenvalue weighted by Gasteiger charge is 2.32. The molecule has 1 aromatic heterocycles. The van der Waals surface area contributed by atoms with E-state index >= 15 is 0 Å². The number of hydrogen-bond acceptors (Lipinski definition) is 3. The first-order chi connectivity index (χ1) is 8.50. The van der Waals surface area contributed by atoms with Crippen LogP contribution in [0.2, 0.25) is 0 Å². The van der Waals surface area contributed by atoms with Crippen molar-refractivity contribution < 1.29 is 14.7 Å². The van der Waals surface area contributed by atoms with E-state index in [0.717, 1.165) is 18.5 Å². The van der Waals surface area contributed by atoms with Gasteiger partial charge in [-0.25, -0.2) is 0 Å². The van der Waals surface area contributed by atoms with Gasteiger partial charge in [0.15, 0.2) is 0 Å². The van der Waals surface area contributed by atoms with Crippen LogP contribution in [0.1, 0.15) is 35.3 Å². The van der Waals surface area contributed by atoms with E-state index < -0.39 is 5.97 Å². The predicted molar refractivity (Wildman–Crippen MR) is 64.3 cm³/mol. The number of carboxylic acid groups (broad SMARTS) is 1. The zero-order valence-corrected chi connectivity index (χ0v) is 10.6. The largest absolute Gasteiger partial charge is 0.481 e. The number of carboxylic acids is 1. The van der Waals surface area contributed by atoms with Gasteiger partial charge in [0, 0.05) is 25.3 Å². The second-order valence-corrected chi connectivity index (χ2v) is 4.66. The van der Waals surface area contributed by atoms with Gasteiger partial charge in [-0.1, -0.05) is 0 Å². The summed E-state index contributed by atoms with van der Waals surface area (Å²) >= 11 is 0. The summed E-state index contributed by atoms with van der Waals surface area (Å²) in [6, 6.07) is -0.186. The number of carbonyl (C=O) groups excluding carboxylic acids is 1. The van der Waals surface area contributed by atoms with Crippen LogP contribution in [0, 0.1) is 6.92 Å². The van der Waals surface area contributed by atoms with Gasteiger partial charge in [-0.05, 0) is 19.8 Å². The normalized spacial score (nSPS) is 19.2. The molecular weight excluding hydrogens is 234 g/mol. The first-order valence-electron chi connectivity index (χ1n) is 6.02. The molecule has 2 heterocycles. The van der Waals surface area contributed by atoms with Crippen LogP contribution < -0.4 is 0 Å². The number of carbonyl (C=O) groups is 2. The van der Waals surface area contributed by atoms with Gasteiger partial charge in [-0.2, -0.15) is 5.10 Å². The highest BCUT2D eigenvalue weighted by molar-refractivity contribution is 5.95. The van der Waals surface area contributed by atoms with Crippen LogP contribution in [0.3, 0.4) is 0 Å². The molecule has 1 aromatic rings. The van der Waals surface area contributed by atoms with Crippen LogP contribution in [0.25, 0.3) is 0 Å². The highest BCUT2D eigenvalue weighted by atomic mass is 16.4. The molecule has 6 heteroatoms. The minimum Gasteiger partial charge on any atom is -0.481 e. The van der Waals surface area contributed by atoms with Gasteiger partial charge in [-0.15, -0.1) is 0 Å². The third-order valence-electron chi connectivity index (χ3n) is 3.51. The first-order valence-corrected chi connectivity index (χ1v) is 6.02. The summed E-state index contributed by atoms with van der Waals surface area (Å²) in [5.74, 6) is -0.966. The molecule has 1 aliphatic rings. The van der Waals surface area contributed by atoms with E-state index in [4.69, 9.17) is 5.11 Å². The Morgan fingerprint density at radius 2 is 2.28 bits per heavy atom. The van der Waals surface area contributed by atoms with E-state index in [1.54, 1.807) is 22.8 Å². The Balaban J connectivity index is 2.18.